The van der Waals surface area contributed by atoms with Gasteiger partial charge in [0.05, 0.1) is 38.1 Å². The van der Waals surface area contributed by atoms with E-state index in [1.165, 1.54) is 0 Å². The number of pyridine rings is 1. The summed E-state index contributed by atoms with van der Waals surface area (Å²) in [5.74, 6) is 2.34. The Hall–Kier alpha value is -3.50. The van der Waals surface area contributed by atoms with Crippen LogP contribution in [0.5, 0.6) is 5.75 Å². The molecule has 0 amide bonds. The molecule has 10 nitrogen and oxygen atoms in total. The number of hydrogen-bond acceptors (Lipinski definition) is 8. The minimum atomic E-state index is -0.128. The number of benzene rings is 1. The lowest BCUT2D eigenvalue weighted by molar-refractivity contribution is 0.0882. The molecule has 2 atom stereocenters. The van der Waals surface area contributed by atoms with Gasteiger partial charge in [-0.25, -0.2) is 4.68 Å². The number of rotatable bonds is 11. The van der Waals surface area contributed by atoms with Gasteiger partial charge in [-0.2, -0.15) is 0 Å². The van der Waals surface area contributed by atoms with Crippen molar-refractivity contribution in [1.82, 2.24) is 30.1 Å². The number of nitrogens with one attached hydrogen (secondary N) is 1. The van der Waals surface area contributed by atoms with Crippen LogP contribution in [0.2, 0.25) is 0 Å². The summed E-state index contributed by atoms with van der Waals surface area (Å²) in [4.78, 5) is 18.3. The van der Waals surface area contributed by atoms with Crippen LogP contribution in [0.25, 0.3) is 10.9 Å². The van der Waals surface area contributed by atoms with Gasteiger partial charge in [0.1, 0.15) is 11.5 Å². The van der Waals surface area contributed by atoms with E-state index in [-0.39, 0.29) is 17.7 Å². The molecule has 1 aromatic carbocycles. The number of ether oxygens (including phenoxy) is 2. The Kier molecular flexibility index (Phi) is 7.43. The minimum Gasteiger partial charge on any atom is -0.494 e. The van der Waals surface area contributed by atoms with Crippen LogP contribution in [0.1, 0.15) is 56.3 Å². The molecule has 4 aromatic rings. The van der Waals surface area contributed by atoms with Crippen LogP contribution in [0.15, 0.2) is 51.9 Å². The smallest absolute Gasteiger partial charge is 0.252 e. The van der Waals surface area contributed by atoms with E-state index in [0.717, 1.165) is 54.1 Å². The quantitative estimate of drug-likeness (QED) is 0.336. The normalized spacial score (nSPS) is 16.7. The van der Waals surface area contributed by atoms with Gasteiger partial charge in [-0.05, 0) is 73.0 Å². The molecule has 1 aliphatic rings. The van der Waals surface area contributed by atoms with E-state index in [1.807, 2.05) is 48.0 Å². The minimum absolute atomic E-state index is 0.117. The SMILES string of the molecule is CCOc1ccc2[nH]c(=O)c(CN(Cc3ccco3)[C@@H](CC)c3nnnn3C[C@@H]3CCCO3)cc2c1. The van der Waals surface area contributed by atoms with Gasteiger partial charge in [-0.1, -0.05) is 6.92 Å². The van der Waals surface area contributed by atoms with Crippen LogP contribution in [-0.2, 0) is 24.4 Å². The Morgan fingerprint density at radius 2 is 2.17 bits per heavy atom. The highest BCUT2D eigenvalue weighted by Gasteiger charge is 2.28. The third-order valence-electron chi connectivity index (χ3n) is 6.60. The van der Waals surface area contributed by atoms with Crippen molar-refractivity contribution in [3.8, 4) is 5.75 Å². The molecule has 0 bridgehead atoms. The van der Waals surface area contributed by atoms with Gasteiger partial charge >= 0.3 is 0 Å². The summed E-state index contributed by atoms with van der Waals surface area (Å²) >= 11 is 0. The van der Waals surface area contributed by atoms with E-state index in [4.69, 9.17) is 13.9 Å². The first kappa shape index (κ1) is 24.2. The molecule has 1 fully saturated rings. The Morgan fingerprint density at radius 3 is 2.92 bits per heavy atom. The average molecular weight is 493 g/mol. The predicted molar refractivity (Wildman–Crippen MR) is 134 cm³/mol. The van der Waals surface area contributed by atoms with E-state index in [9.17, 15) is 4.79 Å². The molecule has 10 heteroatoms. The third-order valence-corrected chi connectivity index (χ3v) is 6.60. The molecular formula is C26H32N6O4. The van der Waals surface area contributed by atoms with Crippen molar-refractivity contribution in [2.45, 2.75) is 64.9 Å². The molecular weight excluding hydrogens is 460 g/mol. The maximum absolute atomic E-state index is 13.1. The van der Waals surface area contributed by atoms with Gasteiger partial charge < -0.3 is 18.9 Å². The summed E-state index contributed by atoms with van der Waals surface area (Å²) in [5, 5.41) is 13.6. The van der Waals surface area contributed by atoms with Gasteiger partial charge in [-0.15, -0.1) is 5.10 Å². The highest BCUT2D eigenvalue weighted by atomic mass is 16.5. The fourth-order valence-corrected chi connectivity index (χ4v) is 4.87. The van der Waals surface area contributed by atoms with Crippen molar-refractivity contribution in [2.24, 2.45) is 0 Å². The standard InChI is InChI=1S/C26H32N6O4/c1-3-24(25-28-29-30-32(25)17-22-8-6-12-36-22)31(16-21-7-5-11-35-21)15-19-13-18-14-20(34-4-2)9-10-23(18)27-26(19)33/h5,7,9-11,13-14,22,24H,3-4,6,8,12,15-17H2,1-2H3,(H,27,33)/t22-,24-/m0/s1. The van der Waals surface area contributed by atoms with E-state index in [0.29, 0.717) is 31.8 Å². The molecule has 0 saturated carbocycles. The molecule has 1 N–H and O–H groups in total. The molecule has 190 valence electrons. The molecule has 4 heterocycles. The van der Waals surface area contributed by atoms with Gasteiger partial charge in [0.2, 0.25) is 0 Å². The fraction of sp³-hybridized carbons (Fsp3) is 0.462. The first-order valence-corrected chi connectivity index (χ1v) is 12.6. The van der Waals surface area contributed by atoms with Crippen LogP contribution >= 0.6 is 0 Å². The Morgan fingerprint density at radius 1 is 1.25 bits per heavy atom. The molecule has 5 rings (SSSR count). The second-order valence-corrected chi connectivity index (χ2v) is 9.07. The largest absolute Gasteiger partial charge is 0.494 e. The van der Waals surface area contributed by atoms with Crippen molar-refractivity contribution < 1.29 is 13.9 Å². The highest BCUT2D eigenvalue weighted by Crippen LogP contribution is 2.28. The Balaban J connectivity index is 1.48. The van der Waals surface area contributed by atoms with Crippen LogP contribution < -0.4 is 10.3 Å². The summed E-state index contributed by atoms with van der Waals surface area (Å²) < 4.78 is 19.0. The van der Waals surface area contributed by atoms with Gasteiger partial charge in [-0.3, -0.25) is 9.69 Å². The van der Waals surface area contributed by atoms with Crippen LogP contribution in [0.3, 0.4) is 0 Å². The highest BCUT2D eigenvalue weighted by molar-refractivity contribution is 5.80. The third kappa shape index (κ3) is 5.34. The summed E-state index contributed by atoms with van der Waals surface area (Å²) in [6.07, 6.45) is 4.59. The lowest BCUT2D eigenvalue weighted by Crippen LogP contribution is -2.33. The van der Waals surface area contributed by atoms with Crippen molar-refractivity contribution in [1.29, 1.82) is 0 Å². The Labute approximate surface area is 209 Å². The van der Waals surface area contributed by atoms with E-state index < -0.39 is 0 Å². The first-order chi connectivity index (χ1) is 17.6. The summed E-state index contributed by atoms with van der Waals surface area (Å²) in [7, 11) is 0. The lowest BCUT2D eigenvalue weighted by Gasteiger charge is -2.29. The number of tetrazole rings is 1. The lowest BCUT2D eigenvalue weighted by atomic mass is 10.1. The van der Waals surface area contributed by atoms with Gasteiger partial charge in [0, 0.05) is 29.6 Å². The van der Waals surface area contributed by atoms with Crippen LogP contribution in [0.4, 0.5) is 0 Å². The summed E-state index contributed by atoms with van der Waals surface area (Å²) in [5.41, 5.74) is 1.31. The number of nitrogens with zero attached hydrogens (tertiary/aromatic N) is 5. The first-order valence-electron chi connectivity index (χ1n) is 12.6. The van der Waals surface area contributed by atoms with Crippen LogP contribution in [0, 0.1) is 0 Å². The van der Waals surface area contributed by atoms with E-state index >= 15 is 0 Å². The number of H-pyrrole nitrogens is 1. The summed E-state index contributed by atoms with van der Waals surface area (Å²) in [6, 6.07) is 11.3. The monoisotopic (exact) mass is 492 g/mol. The van der Waals surface area contributed by atoms with Crippen LogP contribution in [-0.4, -0.2) is 49.4 Å². The molecule has 0 aliphatic carbocycles. The van der Waals surface area contributed by atoms with E-state index in [1.54, 1.807) is 6.26 Å². The zero-order valence-electron chi connectivity index (χ0n) is 20.7. The van der Waals surface area contributed by atoms with Crippen molar-refractivity contribution in [3.63, 3.8) is 0 Å². The summed E-state index contributed by atoms with van der Waals surface area (Å²) in [6.45, 7) is 6.93. The molecule has 0 unspecified atom stereocenters. The molecule has 1 saturated heterocycles. The number of furan rings is 1. The second kappa shape index (κ2) is 11.0. The second-order valence-electron chi connectivity index (χ2n) is 9.07. The van der Waals surface area contributed by atoms with Crippen molar-refractivity contribution in [3.05, 3.63) is 70.2 Å². The molecule has 1 aliphatic heterocycles. The number of aromatic amines is 1. The van der Waals surface area contributed by atoms with Gasteiger partial charge in [0.15, 0.2) is 5.82 Å². The fourth-order valence-electron chi connectivity index (χ4n) is 4.87. The molecule has 36 heavy (non-hydrogen) atoms. The maximum atomic E-state index is 13.1. The van der Waals surface area contributed by atoms with Crippen molar-refractivity contribution in [2.75, 3.05) is 13.2 Å². The zero-order valence-corrected chi connectivity index (χ0v) is 20.7. The van der Waals surface area contributed by atoms with E-state index in [2.05, 4.69) is 32.3 Å². The predicted octanol–water partition coefficient (Wildman–Crippen LogP) is 3.84. The molecule has 3 aromatic heterocycles. The van der Waals surface area contributed by atoms with Crippen molar-refractivity contribution >= 4 is 10.9 Å². The molecule has 0 radical (unpaired) electrons. The zero-order chi connectivity index (χ0) is 24.9. The maximum Gasteiger partial charge on any atom is 0.252 e. The average Bonchev–Trinajstić information content (AvgIpc) is 3.65. The number of fused-ring (bicyclic) bond motifs is 1. The Bertz CT molecular complexity index is 1330. The number of hydrogen-bond donors (Lipinski definition) is 1. The molecule has 0 spiro atoms. The van der Waals surface area contributed by atoms with Gasteiger partial charge in [0.25, 0.3) is 5.56 Å². The topological polar surface area (TPSA) is 111 Å². The number of aromatic nitrogens is 5.